The maximum absolute atomic E-state index is 12.7. The molecule has 1 aromatic heterocycles. The van der Waals surface area contributed by atoms with Crippen LogP contribution in [0.2, 0.25) is 5.02 Å². The number of hydrogen-bond donors (Lipinski definition) is 1. The topological polar surface area (TPSA) is 62.3 Å². The first kappa shape index (κ1) is 19.6. The molecule has 0 fully saturated rings. The summed E-state index contributed by atoms with van der Waals surface area (Å²) in [6.07, 6.45) is 0. The molecule has 2 aromatic carbocycles. The lowest BCUT2D eigenvalue weighted by molar-refractivity contribution is 0.0827. The van der Waals surface area contributed by atoms with Crippen molar-refractivity contribution in [3.63, 3.8) is 0 Å². The largest absolute Gasteiger partial charge is 0.345 e. The first-order valence-corrected chi connectivity index (χ1v) is 9.10. The van der Waals surface area contributed by atoms with Crippen LogP contribution in [0.1, 0.15) is 26.4 Å². The fourth-order valence-corrected chi connectivity index (χ4v) is 2.98. The van der Waals surface area contributed by atoms with E-state index in [1.807, 2.05) is 36.4 Å². The van der Waals surface area contributed by atoms with Gasteiger partial charge in [0.15, 0.2) is 0 Å². The lowest BCUT2D eigenvalue weighted by atomic mass is 10.1. The number of nitrogens with zero attached hydrogens (tertiary/aromatic N) is 2. The summed E-state index contributed by atoms with van der Waals surface area (Å²) in [5.74, 6) is -0.527. The lowest BCUT2D eigenvalue weighted by Gasteiger charge is -2.14. The molecule has 0 atom stereocenters. The van der Waals surface area contributed by atoms with Crippen molar-refractivity contribution >= 4 is 29.1 Å². The van der Waals surface area contributed by atoms with E-state index in [-0.39, 0.29) is 11.8 Å². The molecule has 28 heavy (non-hydrogen) atoms. The smallest absolute Gasteiger partial charge is 0.257 e. The van der Waals surface area contributed by atoms with Crippen molar-refractivity contribution in [1.29, 1.82) is 0 Å². The Morgan fingerprint density at radius 1 is 0.964 bits per heavy atom. The van der Waals surface area contributed by atoms with E-state index < -0.39 is 0 Å². The van der Waals surface area contributed by atoms with Crippen LogP contribution in [-0.4, -0.2) is 35.8 Å². The van der Waals surface area contributed by atoms with Gasteiger partial charge in [-0.25, -0.2) is 0 Å². The minimum Gasteiger partial charge on any atom is -0.345 e. The zero-order chi connectivity index (χ0) is 20.3. The van der Waals surface area contributed by atoms with Crippen LogP contribution >= 0.6 is 11.6 Å². The predicted octanol–water partition coefficient (Wildman–Crippen LogP) is 4.66. The third-order valence-corrected chi connectivity index (χ3v) is 4.59. The summed E-state index contributed by atoms with van der Waals surface area (Å²) in [4.78, 5) is 30.9. The molecule has 0 aliphatic rings. The van der Waals surface area contributed by atoms with Crippen LogP contribution in [0.3, 0.4) is 0 Å². The maximum Gasteiger partial charge on any atom is 0.257 e. The highest BCUT2D eigenvalue weighted by Gasteiger charge is 2.16. The first-order chi connectivity index (χ1) is 13.4. The number of carbonyl (C=O) groups excluding carboxylic acids is 2. The molecule has 0 spiro atoms. The van der Waals surface area contributed by atoms with Crippen LogP contribution in [0.4, 0.5) is 5.69 Å². The molecule has 0 saturated heterocycles. The summed E-state index contributed by atoms with van der Waals surface area (Å²) in [7, 11) is 3.29. The molecule has 0 radical (unpaired) electrons. The molecule has 1 N–H and O–H groups in total. The van der Waals surface area contributed by atoms with E-state index in [0.717, 1.165) is 11.3 Å². The molecule has 0 unspecified atom stereocenters. The van der Waals surface area contributed by atoms with Gasteiger partial charge in [-0.15, -0.1) is 0 Å². The van der Waals surface area contributed by atoms with Gasteiger partial charge in [0.25, 0.3) is 11.8 Å². The third-order valence-electron chi connectivity index (χ3n) is 4.26. The van der Waals surface area contributed by atoms with Gasteiger partial charge < -0.3 is 10.2 Å². The van der Waals surface area contributed by atoms with Gasteiger partial charge in [-0.05, 0) is 37.3 Å². The Morgan fingerprint density at radius 3 is 2.32 bits per heavy atom. The number of anilines is 1. The number of aromatic nitrogens is 1. The van der Waals surface area contributed by atoms with Crippen LogP contribution in [0.5, 0.6) is 0 Å². The van der Waals surface area contributed by atoms with Gasteiger partial charge in [0.05, 0.1) is 27.5 Å². The molecule has 0 bridgehead atoms. The highest BCUT2D eigenvalue weighted by molar-refractivity contribution is 6.34. The van der Waals surface area contributed by atoms with Gasteiger partial charge >= 0.3 is 0 Å². The van der Waals surface area contributed by atoms with Gasteiger partial charge in [0, 0.05) is 25.3 Å². The van der Waals surface area contributed by atoms with Gasteiger partial charge in [-0.3, -0.25) is 14.6 Å². The SMILES string of the molecule is Cc1nc(-c2ccccc2)ccc1C(=O)Nc1ccc(Cl)c(C(=O)N(C)C)c1. The molecule has 1 heterocycles. The van der Waals surface area contributed by atoms with Crippen LogP contribution in [0, 0.1) is 6.92 Å². The van der Waals surface area contributed by atoms with E-state index in [2.05, 4.69) is 10.3 Å². The van der Waals surface area contributed by atoms with Crippen LogP contribution in [0.25, 0.3) is 11.3 Å². The highest BCUT2D eigenvalue weighted by Crippen LogP contribution is 2.23. The summed E-state index contributed by atoms with van der Waals surface area (Å²) in [5.41, 5.74) is 3.71. The normalized spacial score (nSPS) is 10.4. The van der Waals surface area contributed by atoms with Crippen molar-refractivity contribution in [2.24, 2.45) is 0 Å². The van der Waals surface area contributed by atoms with Crippen molar-refractivity contribution in [3.05, 3.63) is 82.5 Å². The summed E-state index contributed by atoms with van der Waals surface area (Å²) in [5, 5.41) is 3.15. The quantitative estimate of drug-likeness (QED) is 0.700. The third kappa shape index (κ3) is 4.21. The molecule has 2 amide bonds. The van der Waals surface area contributed by atoms with Crippen molar-refractivity contribution < 1.29 is 9.59 Å². The Balaban J connectivity index is 1.84. The average Bonchev–Trinajstić information content (AvgIpc) is 2.69. The molecule has 6 heteroatoms. The zero-order valence-corrected chi connectivity index (χ0v) is 16.6. The molecule has 5 nitrogen and oxygen atoms in total. The molecule has 0 aliphatic heterocycles. The Bertz CT molecular complexity index is 1030. The van der Waals surface area contributed by atoms with Gasteiger partial charge in [-0.2, -0.15) is 0 Å². The summed E-state index contributed by atoms with van der Waals surface area (Å²) < 4.78 is 0. The van der Waals surface area contributed by atoms with Gasteiger partial charge in [0.2, 0.25) is 0 Å². The average molecular weight is 394 g/mol. The van der Waals surface area contributed by atoms with E-state index in [4.69, 9.17) is 11.6 Å². The second-order valence-corrected chi connectivity index (χ2v) is 6.95. The predicted molar refractivity (Wildman–Crippen MR) is 112 cm³/mol. The van der Waals surface area contributed by atoms with E-state index >= 15 is 0 Å². The standard InChI is InChI=1S/C22H20ClN3O2/c1-14-17(10-12-20(24-14)15-7-5-4-6-8-15)21(27)25-16-9-11-19(23)18(13-16)22(28)26(2)3/h4-13H,1-3H3,(H,25,27). The molecule has 3 aromatic rings. The van der Waals surface area contributed by atoms with Crippen molar-refractivity contribution in [2.75, 3.05) is 19.4 Å². The molecule has 0 aliphatic carbocycles. The molecular formula is C22H20ClN3O2. The molecule has 142 valence electrons. The van der Waals surface area contributed by atoms with Gasteiger partial charge in [0.1, 0.15) is 0 Å². The number of rotatable bonds is 4. The minimum atomic E-state index is -0.296. The lowest BCUT2D eigenvalue weighted by Crippen LogP contribution is -2.22. The second-order valence-electron chi connectivity index (χ2n) is 6.54. The number of pyridine rings is 1. The summed E-state index contributed by atoms with van der Waals surface area (Å²) >= 11 is 6.12. The van der Waals surface area contributed by atoms with Crippen LogP contribution < -0.4 is 5.32 Å². The monoisotopic (exact) mass is 393 g/mol. The van der Waals surface area contributed by atoms with Crippen LogP contribution in [0.15, 0.2) is 60.7 Å². The van der Waals surface area contributed by atoms with Crippen molar-refractivity contribution in [3.8, 4) is 11.3 Å². The minimum absolute atomic E-state index is 0.230. The number of nitrogens with one attached hydrogen (secondary N) is 1. The zero-order valence-electron chi connectivity index (χ0n) is 15.9. The number of benzene rings is 2. The molecule has 0 saturated carbocycles. The highest BCUT2D eigenvalue weighted by atomic mass is 35.5. The number of amides is 2. The maximum atomic E-state index is 12.7. The fraction of sp³-hybridized carbons (Fsp3) is 0.136. The number of carbonyl (C=O) groups is 2. The number of halogens is 1. The number of hydrogen-bond acceptors (Lipinski definition) is 3. The Hall–Kier alpha value is -3.18. The van der Waals surface area contributed by atoms with Crippen molar-refractivity contribution in [1.82, 2.24) is 9.88 Å². The van der Waals surface area contributed by atoms with Crippen molar-refractivity contribution in [2.45, 2.75) is 6.92 Å². The Morgan fingerprint density at radius 2 is 1.68 bits per heavy atom. The Labute approximate surface area is 169 Å². The summed E-state index contributed by atoms with van der Waals surface area (Å²) in [6, 6.07) is 18.2. The first-order valence-electron chi connectivity index (χ1n) is 8.72. The van der Waals surface area contributed by atoms with E-state index in [1.165, 1.54) is 4.90 Å². The van der Waals surface area contributed by atoms with E-state index in [0.29, 0.717) is 27.5 Å². The van der Waals surface area contributed by atoms with Crippen LogP contribution in [-0.2, 0) is 0 Å². The Kier molecular flexibility index (Phi) is 5.76. The van der Waals surface area contributed by atoms with E-state index in [9.17, 15) is 9.59 Å². The molecule has 3 rings (SSSR count). The molecular weight excluding hydrogens is 374 g/mol. The fourth-order valence-electron chi connectivity index (χ4n) is 2.78. The van der Waals surface area contributed by atoms with Gasteiger partial charge in [-0.1, -0.05) is 41.9 Å². The number of aryl methyl sites for hydroxylation is 1. The summed E-state index contributed by atoms with van der Waals surface area (Å²) in [6.45, 7) is 1.80. The van der Waals surface area contributed by atoms with E-state index in [1.54, 1.807) is 45.3 Å². The second kappa shape index (κ2) is 8.23.